The summed E-state index contributed by atoms with van der Waals surface area (Å²) in [5, 5.41) is 6.78. The van der Waals surface area contributed by atoms with E-state index in [0.717, 1.165) is 17.2 Å². The molecule has 0 unspecified atom stereocenters. The summed E-state index contributed by atoms with van der Waals surface area (Å²) in [5.74, 6) is -0.114. The number of fused-ring (bicyclic) bond motifs is 1. The van der Waals surface area contributed by atoms with Gasteiger partial charge in [0.2, 0.25) is 0 Å². The Morgan fingerprint density at radius 1 is 1.36 bits per heavy atom. The van der Waals surface area contributed by atoms with Gasteiger partial charge in [-0.1, -0.05) is 18.2 Å². The van der Waals surface area contributed by atoms with E-state index >= 15 is 0 Å². The van der Waals surface area contributed by atoms with E-state index in [1.807, 2.05) is 31.4 Å². The second-order valence-corrected chi connectivity index (χ2v) is 6.36. The van der Waals surface area contributed by atoms with Gasteiger partial charge < -0.3 is 9.88 Å². The molecule has 2 aromatic heterocycles. The normalized spacial score (nSPS) is 11.3. The third-order valence-electron chi connectivity index (χ3n) is 3.50. The second kappa shape index (κ2) is 5.93. The summed E-state index contributed by atoms with van der Waals surface area (Å²) < 4.78 is 2.23. The van der Waals surface area contributed by atoms with E-state index in [2.05, 4.69) is 40.0 Å². The molecule has 0 fully saturated rings. The van der Waals surface area contributed by atoms with E-state index in [-0.39, 0.29) is 11.9 Å². The summed E-state index contributed by atoms with van der Waals surface area (Å²) in [6.45, 7) is 6.88. The highest BCUT2D eigenvalue weighted by molar-refractivity contribution is 7.13. The predicted molar refractivity (Wildman–Crippen MR) is 91.3 cm³/mol. The monoisotopic (exact) mass is 313 g/mol. The average Bonchev–Trinajstić information content (AvgIpc) is 3.10. The number of nitrogens with one attached hydrogen (secondary N) is 1. The molecule has 0 bridgehead atoms. The molecule has 0 aliphatic rings. The van der Waals surface area contributed by atoms with Crippen LogP contribution < -0.4 is 5.32 Å². The minimum Gasteiger partial charge on any atom is -0.349 e. The first-order valence-electron chi connectivity index (χ1n) is 7.45. The van der Waals surface area contributed by atoms with Crippen LogP contribution in [0.1, 0.15) is 31.3 Å². The van der Waals surface area contributed by atoms with Crippen molar-refractivity contribution < 1.29 is 4.79 Å². The van der Waals surface area contributed by atoms with Crippen molar-refractivity contribution in [3.05, 3.63) is 41.4 Å². The highest BCUT2D eigenvalue weighted by Gasteiger charge is 2.16. The van der Waals surface area contributed by atoms with Crippen molar-refractivity contribution in [2.75, 3.05) is 0 Å². The molecule has 0 radical (unpaired) electrons. The summed E-state index contributed by atoms with van der Waals surface area (Å²) in [7, 11) is 0. The van der Waals surface area contributed by atoms with Crippen molar-refractivity contribution in [2.24, 2.45) is 0 Å². The Bertz CT molecular complexity index is 816. The van der Waals surface area contributed by atoms with Gasteiger partial charge in [0.1, 0.15) is 10.7 Å². The van der Waals surface area contributed by atoms with Gasteiger partial charge in [0.15, 0.2) is 0 Å². The lowest BCUT2D eigenvalue weighted by atomic mass is 10.2. The van der Waals surface area contributed by atoms with Gasteiger partial charge in [0.05, 0.1) is 5.69 Å². The number of thiazole rings is 1. The van der Waals surface area contributed by atoms with E-state index in [9.17, 15) is 4.79 Å². The third kappa shape index (κ3) is 2.64. The number of carbonyl (C=O) groups excluding carboxylic acids is 1. The minimum atomic E-state index is -0.114. The number of carbonyl (C=O) groups is 1. The molecule has 1 N–H and O–H groups in total. The molecular formula is C17H19N3OS. The Morgan fingerprint density at radius 3 is 2.86 bits per heavy atom. The molecule has 2 heterocycles. The fourth-order valence-corrected chi connectivity index (χ4v) is 3.38. The number of aryl methyl sites for hydroxylation is 1. The summed E-state index contributed by atoms with van der Waals surface area (Å²) in [5.41, 5.74) is 2.75. The van der Waals surface area contributed by atoms with Crippen molar-refractivity contribution >= 4 is 28.1 Å². The van der Waals surface area contributed by atoms with Crippen LogP contribution in [0.3, 0.4) is 0 Å². The predicted octanol–water partition coefficient (Wildman–Crippen LogP) is 3.92. The topological polar surface area (TPSA) is 46.9 Å². The van der Waals surface area contributed by atoms with Crippen LogP contribution in [0.25, 0.3) is 21.6 Å². The van der Waals surface area contributed by atoms with Crippen LogP contribution in [-0.4, -0.2) is 21.5 Å². The maximum Gasteiger partial charge on any atom is 0.270 e. The van der Waals surface area contributed by atoms with Crippen LogP contribution in [0, 0.1) is 0 Å². The summed E-state index contributed by atoms with van der Waals surface area (Å²) in [6.07, 6.45) is 0. The molecule has 0 saturated carbocycles. The summed E-state index contributed by atoms with van der Waals surface area (Å²) >= 11 is 1.51. The van der Waals surface area contributed by atoms with E-state index in [0.29, 0.717) is 5.69 Å². The second-order valence-electron chi connectivity index (χ2n) is 5.50. The molecule has 1 amide bonds. The van der Waals surface area contributed by atoms with Crippen LogP contribution in [0.5, 0.6) is 0 Å². The van der Waals surface area contributed by atoms with Crippen molar-refractivity contribution in [1.82, 2.24) is 14.9 Å². The lowest BCUT2D eigenvalue weighted by molar-refractivity contribution is 0.0939. The number of rotatable bonds is 4. The Labute approximate surface area is 133 Å². The van der Waals surface area contributed by atoms with Crippen LogP contribution >= 0.6 is 11.3 Å². The molecule has 0 saturated heterocycles. The molecular weight excluding hydrogens is 294 g/mol. The zero-order valence-electron chi connectivity index (χ0n) is 13.0. The quantitative estimate of drug-likeness (QED) is 0.793. The molecule has 3 rings (SSSR count). The maximum absolute atomic E-state index is 12.1. The zero-order chi connectivity index (χ0) is 15.7. The van der Waals surface area contributed by atoms with Crippen LogP contribution in [0.4, 0.5) is 0 Å². The van der Waals surface area contributed by atoms with Gasteiger partial charge in [-0.15, -0.1) is 11.3 Å². The number of nitrogens with zero attached hydrogens (tertiary/aromatic N) is 2. The maximum atomic E-state index is 12.1. The molecule has 0 spiro atoms. The number of hydrogen-bond donors (Lipinski definition) is 1. The third-order valence-corrected chi connectivity index (χ3v) is 4.37. The molecule has 0 aliphatic carbocycles. The van der Waals surface area contributed by atoms with Crippen molar-refractivity contribution in [1.29, 1.82) is 0 Å². The van der Waals surface area contributed by atoms with E-state index in [1.165, 1.54) is 22.2 Å². The highest BCUT2D eigenvalue weighted by Crippen LogP contribution is 2.30. The van der Waals surface area contributed by atoms with Crippen LogP contribution in [0.2, 0.25) is 0 Å². The van der Waals surface area contributed by atoms with E-state index in [4.69, 9.17) is 0 Å². The first-order chi connectivity index (χ1) is 10.6. The van der Waals surface area contributed by atoms with Gasteiger partial charge in [0, 0.05) is 28.9 Å². The summed E-state index contributed by atoms with van der Waals surface area (Å²) in [6, 6.07) is 10.5. The first-order valence-corrected chi connectivity index (χ1v) is 8.33. The van der Waals surface area contributed by atoms with Crippen molar-refractivity contribution in [3.8, 4) is 10.7 Å². The van der Waals surface area contributed by atoms with E-state index in [1.54, 1.807) is 0 Å². The number of amides is 1. The number of para-hydroxylation sites is 1. The molecule has 22 heavy (non-hydrogen) atoms. The molecule has 4 nitrogen and oxygen atoms in total. The SMILES string of the molecule is CCn1c(-c2nc(C(=O)NC(C)C)cs2)cc2ccccc21. The molecule has 5 heteroatoms. The Kier molecular flexibility index (Phi) is 3.98. The van der Waals surface area contributed by atoms with Gasteiger partial charge in [-0.3, -0.25) is 4.79 Å². The van der Waals surface area contributed by atoms with Crippen LogP contribution in [-0.2, 0) is 6.54 Å². The first kappa shape index (κ1) is 14.8. The fourth-order valence-electron chi connectivity index (χ4n) is 2.56. The molecule has 0 aliphatic heterocycles. The number of hydrogen-bond acceptors (Lipinski definition) is 3. The van der Waals surface area contributed by atoms with E-state index < -0.39 is 0 Å². The number of benzene rings is 1. The van der Waals surface area contributed by atoms with Crippen molar-refractivity contribution in [3.63, 3.8) is 0 Å². The van der Waals surface area contributed by atoms with Gasteiger partial charge in [-0.2, -0.15) is 0 Å². The number of aromatic nitrogens is 2. The zero-order valence-corrected chi connectivity index (χ0v) is 13.8. The van der Waals surface area contributed by atoms with Gasteiger partial charge >= 0.3 is 0 Å². The average molecular weight is 313 g/mol. The molecule has 0 atom stereocenters. The Balaban J connectivity index is 2.01. The van der Waals surface area contributed by atoms with Gasteiger partial charge in [0.25, 0.3) is 5.91 Å². The lowest BCUT2D eigenvalue weighted by Gasteiger charge is -2.06. The fraction of sp³-hybridized carbons (Fsp3) is 0.294. The van der Waals surface area contributed by atoms with Crippen molar-refractivity contribution in [2.45, 2.75) is 33.4 Å². The summed E-state index contributed by atoms with van der Waals surface area (Å²) in [4.78, 5) is 16.6. The molecule has 114 valence electrons. The highest BCUT2D eigenvalue weighted by atomic mass is 32.1. The Morgan fingerprint density at radius 2 is 2.14 bits per heavy atom. The van der Waals surface area contributed by atoms with Gasteiger partial charge in [-0.25, -0.2) is 4.98 Å². The molecule has 1 aromatic carbocycles. The lowest BCUT2D eigenvalue weighted by Crippen LogP contribution is -2.30. The molecule has 3 aromatic rings. The largest absolute Gasteiger partial charge is 0.349 e. The van der Waals surface area contributed by atoms with Crippen LogP contribution in [0.15, 0.2) is 35.7 Å². The van der Waals surface area contributed by atoms with Gasteiger partial charge in [-0.05, 0) is 32.9 Å². The smallest absolute Gasteiger partial charge is 0.270 e. The Hall–Kier alpha value is -2.14. The standard InChI is InChI=1S/C17H19N3OS/c1-4-20-14-8-6-5-7-12(14)9-15(20)17-19-13(10-22-17)16(21)18-11(2)3/h5-11H,4H2,1-3H3,(H,18,21). The minimum absolute atomic E-state index is 0.111.